The molecule has 0 aliphatic carbocycles. The summed E-state index contributed by atoms with van der Waals surface area (Å²) in [7, 11) is 1.69. The Bertz CT molecular complexity index is 372. The van der Waals surface area contributed by atoms with E-state index in [4.69, 9.17) is 9.47 Å². The molecule has 0 saturated carbocycles. The molecule has 0 radical (unpaired) electrons. The molecule has 6 nitrogen and oxygen atoms in total. The van der Waals surface area contributed by atoms with Crippen molar-refractivity contribution in [3.8, 4) is 5.88 Å². The number of rotatable bonds is 9. The van der Waals surface area contributed by atoms with Crippen LogP contribution in [0.25, 0.3) is 0 Å². The van der Waals surface area contributed by atoms with E-state index in [9.17, 15) is 0 Å². The van der Waals surface area contributed by atoms with Crippen LogP contribution in [0.4, 0.5) is 5.95 Å². The lowest BCUT2D eigenvalue weighted by molar-refractivity contribution is 0.200. The van der Waals surface area contributed by atoms with Gasteiger partial charge in [-0.1, -0.05) is 0 Å². The van der Waals surface area contributed by atoms with Crippen LogP contribution in [0, 0.1) is 6.92 Å². The molecule has 0 saturated heterocycles. The number of nitrogens with one attached hydrogen (secondary N) is 2. The highest BCUT2D eigenvalue weighted by molar-refractivity contribution is 5.30. The number of methoxy groups -OCH3 is 1. The normalized spacial score (nSPS) is 10.8. The molecule has 19 heavy (non-hydrogen) atoms. The van der Waals surface area contributed by atoms with Crippen molar-refractivity contribution < 1.29 is 9.47 Å². The number of aromatic nitrogens is 2. The molecule has 0 bridgehead atoms. The summed E-state index contributed by atoms with van der Waals surface area (Å²) in [6.45, 7) is 9.03. The van der Waals surface area contributed by atoms with Crippen molar-refractivity contribution in [3.05, 3.63) is 11.8 Å². The fourth-order valence-electron chi connectivity index (χ4n) is 1.48. The minimum absolute atomic E-state index is 0.109. The van der Waals surface area contributed by atoms with Crippen LogP contribution in [0.5, 0.6) is 5.88 Å². The number of nitrogens with zero attached hydrogens (tertiary/aromatic N) is 2. The van der Waals surface area contributed by atoms with Crippen LogP contribution in [0.15, 0.2) is 6.07 Å². The average Bonchev–Trinajstić information content (AvgIpc) is 2.32. The fourth-order valence-corrected chi connectivity index (χ4v) is 1.48. The summed E-state index contributed by atoms with van der Waals surface area (Å²) >= 11 is 0. The van der Waals surface area contributed by atoms with Gasteiger partial charge in [-0.2, -0.15) is 4.98 Å². The van der Waals surface area contributed by atoms with Gasteiger partial charge in [0, 0.05) is 38.5 Å². The SMILES string of the molecule is COCCNCCNc1nc(C)cc(OC(C)C)n1. The van der Waals surface area contributed by atoms with E-state index in [2.05, 4.69) is 20.6 Å². The molecular weight excluding hydrogens is 244 g/mol. The van der Waals surface area contributed by atoms with Crippen LogP contribution in [0.2, 0.25) is 0 Å². The van der Waals surface area contributed by atoms with E-state index < -0.39 is 0 Å². The van der Waals surface area contributed by atoms with Gasteiger partial charge >= 0.3 is 0 Å². The van der Waals surface area contributed by atoms with E-state index >= 15 is 0 Å². The molecule has 0 unspecified atom stereocenters. The predicted molar refractivity (Wildman–Crippen MR) is 75.8 cm³/mol. The maximum absolute atomic E-state index is 5.57. The summed E-state index contributed by atoms with van der Waals surface area (Å²) in [5, 5.41) is 6.41. The van der Waals surface area contributed by atoms with E-state index in [0.717, 1.165) is 25.3 Å². The molecule has 2 N–H and O–H groups in total. The van der Waals surface area contributed by atoms with Crippen molar-refractivity contribution in [1.82, 2.24) is 15.3 Å². The third-order valence-electron chi connectivity index (χ3n) is 2.26. The zero-order valence-electron chi connectivity index (χ0n) is 12.2. The quantitative estimate of drug-likeness (QED) is 0.656. The Morgan fingerprint density at radius 3 is 2.68 bits per heavy atom. The van der Waals surface area contributed by atoms with Crippen molar-refractivity contribution in [1.29, 1.82) is 0 Å². The molecule has 1 aromatic heterocycles. The maximum atomic E-state index is 5.57. The van der Waals surface area contributed by atoms with Crippen LogP contribution in [-0.4, -0.2) is 49.4 Å². The summed E-state index contributed by atoms with van der Waals surface area (Å²) in [6.07, 6.45) is 0.109. The Morgan fingerprint density at radius 1 is 1.21 bits per heavy atom. The average molecular weight is 268 g/mol. The molecule has 1 rings (SSSR count). The molecule has 1 heterocycles. The highest BCUT2D eigenvalue weighted by atomic mass is 16.5. The van der Waals surface area contributed by atoms with Gasteiger partial charge in [0.1, 0.15) is 0 Å². The van der Waals surface area contributed by atoms with E-state index in [-0.39, 0.29) is 6.10 Å². The Morgan fingerprint density at radius 2 is 2.00 bits per heavy atom. The van der Waals surface area contributed by atoms with Gasteiger partial charge in [0.2, 0.25) is 11.8 Å². The van der Waals surface area contributed by atoms with Crippen LogP contribution in [0.1, 0.15) is 19.5 Å². The lowest BCUT2D eigenvalue weighted by Gasteiger charge is -2.11. The topological polar surface area (TPSA) is 68.3 Å². The van der Waals surface area contributed by atoms with Gasteiger partial charge in [0.05, 0.1) is 12.7 Å². The molecule has 0 aliphatic rings. The third-order valence-corrected chi connectivity index (χ3v) is 2.26. The second-order valence-corrected chi connectivity index (χ2v) is 4.51. The van der Waals surface area contributed by atoms with Crippen LogP contribution < -0.4 is 15.4 Å². The minimum atomic E-state index is 0.109. The van der Waals surface area contributed by atoms with Crippen LogP contribution >= 0.6 is 0 Å². The monoisotopic (exact) mass is 268 g/mol. The highest BCUT2D eigenvalue weighted by Crippen LogP contribution is 2.13. The predicted octanol–water partition coefficient (Wildman–Crippen LogP) is 1.22. The largest absolute Gasteiger partial charge is 0.475 e. The van der Waals surface area contributed by atoms with Gasteiger partial charge < -0.3 is 20.1 Å². The maximum Gasteiger partial charge on any atom is 0.226 e. The molecule has 0 spiro atoms. The second kappa shape index (κ2) is 8.66. The lowest BCUT2D eigenvalue weighted by Crippen LogP contribution is -2.26. The van der Waals surface area contributed by atoms with Crippen LogP contribution in [0.3, 0.4) is 0 Å². The second-order valence-electron chi connectivity index (χ2n) is 4.51. The lowest BCUT2D eigenvalue weighted by atomic mass is 10.4. The summed E-state index contributed by atoms with van der Waals surface area (Å²) in [5.74, 6) is 1.21. The number of ether oxygens (including phenoxy) is 2. The third kappa shape index (κ3) is 6.93. The molecule has 6 heteroatoms. The summed E-state index contributed by atoms with van der Waals surface area (Å²) < 4.78 is 10.5. The van der Waals surface area contributed by atoms with Gasteiger partial charge in [-0.3, -0.25) is 0 Å². The van der Waals surface area contributed by atoms with Crippen molar-refractivity contribution >= 4 is 5.95 Å². The van der Waals surface area contributed by atoms with E-state index in [1.807, 2.05) is 26.8 Å². The first-order valence-corrected chi connectivity index (χ1v) is 6.57. The van der Waals surface area contributed by atoms with E-state index in [1.165, 1.54) is 0 Å². The number of anilines is 1. The molecule has 0 fully saturated rings. The zero-order chi connectivity index (χ0) is 14.1. The first kappa shape index (κ1) is 15.7. The standard InChI is InChI=1S/C13H24N4O2/c1-10(2)19-12-9-11(3)16-13(17-12)15-6-5-14-7-8-18-4/h9-10,14H,5-8H2,1-4H3,(H,15,16,17). The number of hydrogen-bond acceptors (Lipinski definition) is 6. The summed E-state index contributed by atoms with van der Waals surface area (Å²) in [4.78, 5) is 8.63. The first-order chi connectivity index (χ1) is 9.11. The Labute approximate surface area is 114 Å². The minimum Gasteiger partial charge on any atom is -0.475 e. The summed E-state index contributed by atoms with van der Waals surface area (Å²) in [6, 6.07) is 1.84. The molecule has 108 valence electrons. The zero-order valence-corrected chi connectivity index (χ0v) is 12.2. The van der Waals surface area contributed by atoms with Gasteiger partial charge in [0.15, 0.2) is 0 Å². The Kier molecular flexibility index (Phi) is 7.14. The van der Waals surface area contributed by atoms with E-state index in [1.54, 1.807) is 7.11 Å². The van der Waals surface area contributed by atoms with Crippen molar-refractivity contribution in [2.75, 3.05) is 38.7 Å². The van der Waals surface area contributed by atoms with Gasteiger partial charge in [-0.25, -0.2) is 4.98 Å². The molecule has 0 aliphatic heterocycles. The number of hydrogen-bond donors (Lipinski definition) is 2. The highest BCUT2D eigenvalue weighted by Gasteiger charge is 2.04. The molecule has 0 amide bonds. The molecule has 0 aromatic carbocycles. The van der Waals surface area contributed by atoms with Gasteiger partial charge in [-0.05, 0) is 20.8 Å². The number of aryl methyl sites for hydroxylation is 1. The van der Waals surface area contributed by atoms with E-state index in [0.29, 0.717) is 18.4 Å². The van der Waals surface area contributed by atoms with Crippen molar-refractivity contribution in [2.24, 2.45) is 0 Å². The molecule has 0 atom stereocenters. The van der Waals surface area contributed by atoms with Crippen LogP contribution in [-0.2, 0) is 4.74 Å². The Hall–Kier alpha value is -1.40. The smallest absolute Gasteiger partial charge is 0.226 e. The van der Waals surface area contributed by atoms with Crippen molar-refractivity contribution in [2.45, 2.75) is 26.9 Å². The Balaban J connectivity index is 2.38. The molecular formula is C13H24N4O2. The fraction of sp³-hybridized carbons (Fsp3) is 0.692. The van der Waals surface area contributed by atoms with Gasteiger partial charge in [-0.15, -0.1) is 0 Å². The summed E-state index contributed by atoms with van der Waals surface area (Å²) in [5.41, 5.74) is 0.889. The van der Waals surface area contributed by atoms with Gasteiger partial charge in [0.25, 0.3) is 0 Å². The first-order valence-electron chi connectivity index (χ1n) is 6.57. The van der Waals surface area contributed by atoms with Crippen molar-refractivity contribution in [3.63, 3.8) is 0 Å². The molecule has 1 aromatic rings.